The normalized spacial score (nSPS) is 46.8. The van der Waals surface area contributed by atoms with Crippen molar-refractivity contribution < 1.29 is 14.3 Å². The molecule has 4 saturated carbocycles. The topological polar surface area (TPSA) is 35.5 Å². The molecule has 5 aliphatic rings. The van der Waals surface area contributed by atoms with E-state index >= 15 is 0 Å². The molecule has 0 spiro atoms. The third kappa shape index (κ3) is 3.67. The number of fused-ring (bicyclic) bond motifs is 7. The maximum atomic E-state index is 11.9. The third-order valence-corrected chi connectivity index (χ3v) is 13.5. The van der Waals surface area contributed by atoms with Crippen LogP contribution in [0.15, 0.2) is 23.5 Å². The molecular formula is C34H54O3. The molecule has 0 N–H and O–H groups in total. The van der Waals surface area contributed by atoms with E-state index in [0.717, 1.165) is 12.3 Å². The van der Waals surface area contributed by atoms with Gasteiger partial charge < -0.3 is 9.47 Å². The van der Waals surface area contributed by atoms with Crippen molar-refractivity contribution in [1.29, 1.82) is 0 Å². The summed E-state index contributed by atoms with van der Waals surface area (Å²) >= 11 is 0. The van der Waals surface area contributed by atoms with Crippen LogP contribution in [-0.2, 0) is 14.3 Å². The van der Waals surface area contributed by atoms with Crippen LogP contribution in [0.5, 0.6) is 0 Å². The first-order valence-corrected chi connectivity index (χ1v) is 15.4. The van der Waals surface area contributed by atoms with Gasteiger partial charge >= 0.3 is 5.97 Å². The van der Waals surface area contributed by atoms with E-state index in [1.165, 1.54) is 57.8 Å². The largest absolute Gasteiger partial charge is 0.505 e. The Balaban J connectivity index is 1.54. The second kappa shape index (κ2) is 8.88. The molecule has 3 nitrogen and oxygen atoms in total. The van der Waals surface area contributed by atoms with E-state index in [-0.39, 0.29) is 22.9 Å². The Kier molecular flexibility index (Phi) is 6.56. The first-order chi connectivity index (χ1) is 17.3. The maximum Gasteiger partial charge on any atom is 0.302 e. The summed E-state index contributed by atoms with van der Waals surface area (Å²) in [5.74, 6) is 2.56. The molecule has 8 atom stereocenters. The Labute approximate surface area is 227 Å². The molecule has 0 aromatic rings. The van der Waals surface area contributed by atoms with E-state index in [1.54, 1.807) is 19.6 Å². The zero-order valence-corrected chi connectivity index (χ0v) is 25.3. The van der Waals surface area contributed by atoms with Crippen molar-refractivity contribution in [3.05, 3.63) is 23.5 Å². The van der Waals surface area contributed by atoms with Crippen LogP contribution < -0.4 is 0 Å². The van der Waals surface area contributed by atoms with Crippen molar-refractivity contribution in [2.45, 2.75) is 126 Å². The fourth-order valence-electron chi connectivity index (χ4n) is 11.6. The van der Waals surface area contributed by atoms with Crippen LogP contribution in [0.4, 0.5) is 0 Å². The molecule has 2 unspecified atom stereocenters. The van der Waals surface area contributed by atoms with Crippen LogP contribution in [0.2, 0.25) is 0 Å². The highest BCUT2D eigenvalue weighted by atomic mass is 16.5. The lowest BCUT2D eigenvalue weighted by atomic mass is 9.33. The molecular weight excluding hydrogens is 456 g/mol. The highest BCUT2D eigenvalue weighted by Crippen LogP contribution is 2.77. The van der Waals surface area contributed by atoms with Crippen LogP contribution in [0, 0.1) is 50.7 Å². The van der Waals surface area contributed by atoms with Gasteiger partial charge in [-0.1, -0.05) is 59.6 Å². The van der Waals surface area contributed by atoms with Crippen molar-refractivity contribution >= 4 is 5.97 Å². The number of hydrogen-bond donors (Lipinski definition) is 0. The van der Waals surface area contributed by atoms with Crippen LogP contribution in [0.3, 0.4) is 0 Å². The minimum Gasteiger partial charge on any atom is -0.505 e. The summed E-state index contributed by atoms with van der Waals surface area (Å²) in [4.78, 5) is 11.9. The van der Waals surface area contributed by atoms with E-state index in [0.29, 0.717) is 34.0 Å². The number of ether oxygens (including phenoxy) is 2. The molecule has 5 aliphatic carbocycles. The van der Waals surface area contributed by atoms with Crippen LogP contribution >= 0.6 is 0 Å². The lowest BCUT2D eigenvalue weighted by Gasteiger charge is -2.72. The predicted molar refractivity (Wildman–Crippen MR) is 151 cm³/mol. The van der Waals surface area contributed by atoms with Gasteiger partial charge in [-0.2, -0.15) is 0 Å². The summed E-state index contributed by atoms with van der Waals surface area (Å²) in [6.07, 6.45) is 17.1. The number of hydrogen-bond acceptors (Lipinski definition) is 3. The fraction of sp³-hybridized carbons (Fsp3) is 0.853. The van der Waals surface area contributed by atoms with Crippen LogP contribution in [0.1, 0.15) is 120 Å². The highest BCUT2D eigenvalue weighted by Gasteiger charge is 2.69. The van der Waals surface area contributed by atoms with Crippen molar-refractivity contribution in [3.63, 3.8) is 0 Å². The van der Waals surface area contributed by atoms with Gasteiger partial charge in [0, 0.05) is 17.8 Å². The molecule has 208 valence electrons. The smallest absolute Gasteiger partial charge is 0.302 e. The Morgan fingerprint density at radius 2 is 1.62 bits per heavy atom. The minimum absolute atomic E-state index is 0.0310. The Bertz CT molecular complexity index is 989. The van der Waals surface area contributed by atoms with Gasteiger partial charge in [-0.15, -0.1) is 0 Å². The Hall–Kier alpha value is -1.25. The first-order valence-electron chi connectivity index (χ1n) is 15.4. The average Bonchev–Trinajstić information content (AvgIpc) is 3.20. The second-order valence-electron chi connectivity index (χ2n) is 15.4. The minimum atomic E-state index is -0.116. The molecule has 0 aromatic heterocycles. The maximum absolute atomic E-state index is 11.9. The summed E-state index contributed by atoms with van der Waals surface area (Å²) in [5, 5.41) is 0. The molecule has 0 radical (unpaired) electrons. The molecule has 0 aromatic carbocycles. The van der Waals surface area contributed by atoms with Gasteiger partial charge in [-0.3, -0.25) is 4.79 Å². The zero-order chi connectivity index (χ0) is 27.0. The molecule has 0 heterocycles. The van der Waals surface area contributed by atoms with E-state index < -0.39 is 0 Å². The third-order valence-electron chi connectivity index (χ3n) is 13.5. The average molecular weight is 511 g/mol. The number of methoxy groups -OCH3 is 1. The van der Waals surface area contributed by atoms with Gasteiger partial charge in [0.05, 0.1) is 13.4 Å². The van der Waals surface area contributed by atoms with Crippen molar-refractivity contribution in [3.8, 4) is 0 Å². The number of carbonyl (C=O) groups excluding carboxylic acids is 1. The van der Waals surface area contributed by atoms with E-state index in [4.69, 9.17) is 9.47 Å². The van der Waals surface area contributed by atoms with Gasteiger partial charge in [0.1, 0.15) is 6.10 Å². The number of esters is 1. The summed E-state index contributed by atoms with van der Waals surface area (Å²) in [7, 11) is 1.80. The summed E-state index contributed by atoms with van der Waals surface area (Å²) < 4.78 is 11.4. The standard InChI is InChI=1S/C34H54O3/c1-22(2)24-12-17-34(20-21-36-9)19-18-32(7)25(29(24)34)10-11-27-31(6)15-14-28(37-23(3)35)30(4,5)26(31)13-16-33(27,32)8/h20-22,25-28H,10-19H2,1-9H3/b21-20+/t25?,26-,27+,28-,31-,32+,33?,34+/m0/s1. The van der Waals surface area contributed by atoms with Gasteiger partial charge in [0.15, 0.2) is 0 Å². The van der Waals surface area contributed by atoms with Crippen molar-refractivity contribution in [1.82, 2.24) is 0 Å². The van der Waals surface area contributed by atoms with Gasteiger partial charge in [-0.05, 0) is 110 Å². The molecule has 0 saturated heterocycles. The van der Waals surface area contributed by atoms with Gasteiger partial charge in [-0.25, -0.2) is 0 Å². The Morgan fingerprint density at radius 1 is 0.892 bits per heavy atom. The number of carbonyl (C=O) groups is 1. The number of allylic oxidation sites excluding steroid dienone is 3. The van der Waals surface area contributed by atoms with Crippen molar-refractivity contribution in [2.75, 3.05) is 7.11 Å². The van der Waals surface area contributed by atoms with E-state index in [1.807, 2.05) is 11.8 Å². The molecule has 0 amide bonds. The van der Waals surface area contributed by atoms with Gasteiger partial charge in [0.25, 0.3) is 0 Å². The molecule has 3 heteroatoms. The fourth-order valence-corrected chi connectivity index (χ4v) is 11.6. The zero-order valence-electron chi connectivity index (χ0n) is 25.3. The monoisotopic (exact) mass is 510 g/mol. The molecule has 0 aliphatic heterocycles. The molecule has 0 bridgehead atoms. The quantitative estimate of drug-likeness (QED) is 0.215. The Morgan fingerprint density at radius 3 is 2.27 bits per heavy atom. The summed E-state index contributed by atoms with van der Waals surface area (Å²) in [5.41, 5.74) is 4.84. The predicted octanol–water partition coefficient (Wildman–Crippen LogP) is 8.88. The van der Waals surface area contributed by atoms with E-state index in [2.05, 4.69) is 54.5 Å². The lowest BCUT2D eigenvalue weighted by Crippen LogP contribution is -2.65. The van der Waals surface area contributed by atoms with Gasteiger partial charge in [0.2, 0.25) is 0 Å². The highest BCUT2D eigenvalue weighted by molar-refractivity contribution is 5.66. The summed E-state index contributed by atoms with van der Waals surface area (Å²) in [6.45, 7) is 19.3. The molecule has 37 heavy (non-hydrogen) atoms. The molecule has 5 rings (SSSR count). The first kappa shape index (κ1) is 27.3. The summed E-state index contributed by atoms with van der Waals surface area (Å²) in [6, 6.07) is 0. The van der Waals surface area contributed by atoms with Crippen LogP contribution in [0.25, 0.3) is 0 Å². The molecule has 4 fully saturated rings. The van der Waals surface area contributed by atoms with E-state index in [9.17, 15) is 4.79 Å². The van der Waals surface area contributed by atoms with Crippen LogP contribution in [-0.4, -0.2) is 19.2 Å². The SMILES string of the molecule is CO/C=C/[C@]12CCC(C(C)C)=C1C1CC[C@H]3C(C)(CC[C@H]4C(C)(C)[C@@H](OC(C)=O)CC[C@@]43C)[C@]1(C)CC2. The number of rotatable bonds is 4. The second-order valence-corrected chi connectivity index (χ2v) is 15.4. The van der Waals surface area contributed by atoms with Crippen molar-refractivity contribution in [2.24, 2.45) is 50.7 Å². The lowest BCUT2D eigenvalue weighted by molar-refractivity contribution is -0.232.